The summed E-state index contributed by atoms with van der Waals surface area (Å²) in [7, 11) is 0. The van der Waals surface area contributed by atoms with Gasteiger partial charge in [-0.3, -0.25) is 0 Å². The second-order valence-corrected chi connectivity index (χ2v) is 3.01. The second-order valence-electron chi connectivity index (χ2n) is 3.01. The normalized spacial score (nSPS) is 9.00. The monoisotopic (exact) mass is 260 g/mol. The van der Waals surface area contributed by atoms with Crippen LogP contribution in [0.15, 0.2) is 54.6 Å². The first-order valence-corrected chi connectivity index (χ1v) is 4.60. The summed E-state index contributed by atoms with van der Waals surface area (Å²) in [5.41, 5.74) is 0.432. The molecular weight excluding hydrogens is 252 g/mol. The number of hydrogen-bond donors (Lipinski definition) is 0. The molecule has 0 atom stereocenters. The maximum absolute atomic E-state index is 10.6. The first-order valence-electron chi connectivity index (χ1n) is 4.60. The summed E-state index contributed by atoms with van der Waals surface area (Å²) in [6.07, 6.45) is 1.84. The molecule has 0 bridgehead atoms. The molecule has 0 amide bonds. The fraction of sp³-hybridized carbons (Fsp3) is 0. The van der Waals surface area contributed by atoms with Gasteiger partial charge in [0.25, 0.3) is 0 Å². The van der Waals surface area contributed by atoms with Gasteiger partial charge in [-0.25, -0.2) is 0 Å². The van der Waals surface area contributed by atoms with Gasteiger partial charge in [-0.05, 0) is 12.1 Å². The van der Waals surface area contributed by atoms with Gasteiger partial charge in [0.2, 0.25) is 0 Å². The van der Waals surface area contributed by atoms with E-state index < -0.39 is 0 Å². The molecule has 0 saturated heterocycles. The molecule has 0 aliphatic heterocycles. The van der Waals surface area contributed by atoms with Gasteiger partial charge in [-0.15, -0.1) is 11.6 Å². The van der Waals surface area contributed by atoms with Gasteiger partial charge in [-0.2, -0.15) is 6.07 Å². The Morgan fingerprint density at radius 1 is 0.875 bits per heavy atom. The number of ether oxygens (including phenoxy) is 1. The van der Waals surface area contributed by atoms with Crippen molar-refractivity contribution in [3.8, 4) is 11.5 Å². The fourth-order valence-electron chi connectivity index (χ4n) is 1.26. The van der Waals surface area contributed by atoms with Crippen LogP contribution in [0.5, 0.6) is 11.5 Å². The Bertz CT molecular complexity index is 454. The van der Waals surface area contributed by atoms with E-state index in [0.717, 1.165) is 0 Å². The molecule has 0 heterocycles. The number of carbonyl (C=O) groups excluding carboxylic acids is 1. The molecule has 16 heavy (non-hydrogen) atoms. The molecule has 0 radical (unpaired) electrons. The maximum Gasteiger partial charge on any atom is 1.00 e. The van der Waals surface area contributed by atoms with Crippen molar-refractivity contribution in [3.05, 3.63) is 60.2 Å². The minimum atomic E-state index is 0. The van der Waals surface area contributed by atoms with E-state index in [2.05, 4.69) is 0 Å². The first-order chi connectivity index (χ1) is 7.40. The van der Waals surface area contributed by atoms with Crippen LogP contribution in [-0.4, -0.2) is 6.29 Å². The van der Waals surface area contributed by atoms with Crippen LogP contribution in [0, 0.1) is 0 Å². The summed E-state index contributed by atoms with van der Waals surface area (Å²) in [6.45, 7) is 0. The fourth-order valence-corrected chi connectivity index (χ4v) is 1.26. The molecule has 2 aromatic carbocycles. The Morgan fingerprint density at radius 2 is 1.50 bits per heavy atom. The summed E-state index contributed by atoms with van der Waals surface area (Å²) >= 11 is 0. The first kappa shape index (κ1) is 12.5. The van der Waals surface area contributed by atoms with Crippen LogP contribution >= 0.6 is 0 Å². The zero-order valence-electron chi connectivity index (χ0n) is 8.31. The molecule has 2 rings (SSSR count). The summed E-state index contributed by atoms with van der Waals surface area (Å²) in [5, 5.41) is 0. The van der Waals surface area contributed by atoms with Gasteiger partial charge in [0.05, 0.1) is 6.29 Å². The number of rotatable bonds is 3. The summed E-state index contributed by atoms with van der Waals surface area (Å²) in [6, 6.07) is 16.3. The van der Waals surface area contributed by atoms with Gasteiger partial charge < -0.3 is 9.53 Å². The van der Waals surface area contributed by atoms with Gasteiger partial charge >= 0.3 is 17.1 Å². The molecule has 0 fully saturated rings. The van der Waals surface area contributed by atoms with Crippen LogP contribution in [0.1, 0.15) is 5.56 Å². The predicted molar refractivity (Wildman–Crippen MR) is 57.8 cm³/mol. The predicted octanol–water partition coefficient (Wildman–Crippen LogP) is 2.93. The van der Waals surface area contributed by atoms with E-state index in [0.29, 0.717) is 17.1 Å². The average Bonchev–Trinajstić information content (AvgIpc) is 2.31. The van der Waals surface area contributed by atoms with Crippen molar-refractivity contribution >= 4 is 6.29 Å². The van der Waals surface area contributed by atoms with Crippen LogP contribution in [-0.2, 0) is 21.9 Å². The quantitative estimate of drug-likeness (QED) is 0.627. The van der Waals surface area contributed by atoms with Crippen LogP contribution in [0.3, 0.4) is 0 Å². The van der Waals surface area contributed by atoms with Crippen molar-refractivity contribution in [2.24, 2.45) is 0 Å². The molecule has 0 N–H and O–H groups in total. The van der Waals surface area contributed by atoms with E-state index in [1.807, 2.05) is 42.7 Å². The average molecular weight is 261 g/mol. The largest absolute Gasteiger partial charge is 1.00 e. The van der Waals surface area contributed by atoms with Gasteiger partial charge in [0.15, 0.2) is 0 Å². The van der Waals surface area contributed by atoms with Crippen molar-refractivity contribution in [2.45, 2.75) is 0 Å². The molecular formula is C13H9CuO2. The Morgan fingerprint density at radius 3 is 2.19 bits per heavy atom. The third kappa shape index (κ3) is 2.96. The Balaban J connectivity index is 0.00000128. The van der Waals surface area contributed by atoms with E-state index >= 15 is 0 Å². The number of benzene rings is 2. The molecule has 2 nitrogen and oxygen atoms in total. The minimum absolute atomic E-state index is 0. The van der Waals surface area contributed by atoms with Gasteiger partial charge in [-0.1, -0.05) is 30.3 Å². The zero-order chi connectivity index (χ0) is 10.5. The topological polar surface area (TPSA) is 26.3 Å². The number of hydrogen-bond acceptors (Lipinski definition) is 2. The third-order valence-corrected chi connectivity index (χ3v) is 1.97. The molecule has 0 spiro atoms. The molecule has 0 aliphatic rings. The maximum atomic E-state index is 10.6. The number of para-hydroxylation sites is 2. The Labute approximate surface area is 105 Å². The molecule has 2 aromatic rings. The van der Waals surface area contributed by atoms with E-state index in [1.165, 1.54) is 0 Å². The van der Waals surface area contributed by atoms with E-state index in [1.54, 1.807) is 18.2 Å². The van der Waals surface area contributed by atoms with Crippen molar-refractivity contribution in [1.82, 2.24) is 0 Å². The van der Waals surface area contributed by atoms with Gasteiger partial charge in [0.1, 0.15) is 5.75 Å². The van der Waals surface area contributed by atoms with Crippen molar-refractivity contribution < 1.29 is 26.6 Å². The minimum Gasteiger partial charge on any atom is -0.516 e. The Kier molecular flexibility index (Phi) is 4.77. The zero-order valence-corrected chi connectivity index (χ0v) is 9.26. The third-order valence-electron chi connectivity index (χ3n) is 1.97. The molecule has 3 heteroatoms. The van der Waals surface area contributed by atoms with Gasteiger partial charge in [0, 0.05) is 5.75 Å². The smallest absolute Gasteiger partial charge is 0.516 e. The molecule has 0 aliphatic carbocycles. The summed E-state index contributed by atoms with van der Waals surface area (Å²) in [5.74, 6) is 1.24. The van der Waals surface area contributed by atoms with Crippen LogP contribution < -0.4 is 4.74 Å². The summed E-state index contributed by atoms with van der Waals surface area (Å²) in [4.78, 5) is 10.6. The molecule has 0 unspecified atom stereocenters. The van der Waals surface area contributed by atoms with Crippen molar-refractivity contribution in [3.63, 3.8) is 0 Å². The molecule has 0 saturated carbocycles. The Hall–Kier alpha value is -1.57. The van der Waals surface area contributed by atoms with Crippen LogP contribution in [0.2, 0.25) is 0 Å². The molecule has 84 valence electrons. The van der Waals surface area contributed by atoms with E-state index in [-0.39, 0.29) is 17.1 Å². The van der Waals surface area contributed by atoms with Crippen molar-refractivity contribution in [1.29, 1.82) is 0 Å². The van der Waals surface area contributed by atoms with E-state index in [4.69, 9.17) is 4.74 Å². The van der Waals surface area contributed by atoms with Crippen molar-refractivity contribution in [2.75, 3.05) is 0 Å². The van der Waals surface area contributed by atoms with Crippen LogP contribution in [0.25, 0.3) is 0 Å². The standard InChI is InChI=1S/C13H9O2.Cu/c14-10-11-6-4-5-9-13(11)15-12-7-2-1-3-8-12;/h1-9H;/q-1;+1. The summed E-state index contributed by atoms with van der Waals surface area (Å²) < 4.78 is 5.54. The second kappa shape index (κ2) is 6.11. The van der Waals surface area contributed by atoms with E-state index in [9.17, 15) is 4.79 Å². The molecule has 0 aromatic heterocycles. The SMILES string of the molecule is O=[C-]c1ccccc1Oc1ccccc1.[Cu+]. The van der Waals surface area contributed by atoms with Crippen LogP contribution in [0.4, 0.5) is 0 Å².